The van der Waals surface area contributed by atoms with E-state index in [0.29, 0.717) is 45.1 Å². The van der Waals surface area contributed by atoms with E-state index in [1.165, 1.54) is 5.69 Å². The van der Waals surface area contributed by atoms with E-state index in [4.69, 9.17) is 31.2 Å². The van der Waals surface area contributed by atoms with Crippen molar-refractivity contribution in [3.8, 4) is 11.5 Å². The highest BCUT2D eigenvalue weighted by atomic mass is 35.5. The van der Waals surface area contributed by atoms with E-state index in [0.717, 1.165) is 37.4 Å². The number of anilines is 2. The molecule has 1 aliphatic heterocycles. The summed E-state index contributed by atoms with van der Waals surface area (Å²) in [6.45, 7) is 8.38. The molecule has 0 bridgehead atoms. The quantitative estimate of drug-likeness (QED) is 0.334. The van der Waals surface area contributed by atoms with Crippen molar-refractivity contribution >= 4 is 40.0 Å². The van der Waals surface area contributed by atoms with Crippen molar-refractivity contribution in [1.82, 2.24) is 38.9 Å². The number of aromatic nitrogens is 8. The molecule has 2 fully saturated rings. The van der Waals surface area contributed by atoms with Crippen molar-refractivity contribution in [2.75, 3.05) is 18.5 Å². The second-order valence-corrected chi connectivity index (χ2v) is 11.8. The maximum Gasteiger partial charge on any atom is 0.210 e. The Morgan fingerprint density at radius 2 is 1.97 bits per heavy atom. The minimum absolute atomic E-state index is 0.0527. The molecule has 12 heteroatoms. The fraction of sp³-hybridized carbons (Fsp3) is 0.423. The monoisotopic (exact) mass is 533 g/mol. The van der Waals surface area contributed by atoms with Gasteiger partial charge in [-0.15, -0.1) is 0 Å². The number of nitrogens with one attached hydrogen (secondary N) is 1. The normalized spacial score (nSPS) is 17.2. The lowest BCUT2D eigenvalue weighted by Crippen LogP contribution is -2.53. The third-order valence-electron chi connectivity index (χ3n) is 7.56. The van der Waals surface area contributed by atoms with Gasteiger partial charge in [-0.05, 0) is 12.8 Å². The van der Waals surface area contributed by atoms with Gasteiger partial charge in [0.05, 0.1) is 37.8 Å². The van der Waals surface area contributed by atoms with Crippen LogP contribution in [0.4, 0.5) is 11.8 Å². The summed E-state index contributed by atoms with van der Waals surface area (Å²) in [5.74, 6) is 2.28. The number of imidazole rings is 1. The number of rotatable bonds is 5. The van der Waals surface area contributed by atoms with Gasteiger partial charge in [0, 0.05) is 42.0 Å². The molecule has 1 spiro atoms. The Bertz CT molecular complexity index is 1680. The third-order valence-corrected chi connectivity index (χ3v) is 7.92. The van der Waals surface area contributed by atoms with Crippen molar-refractivity contribution in [3.05, 3.63) is 47.8 Å². The van der Waals surface area contributed by atoms with Crippen LogP contribution < -0.4 is 10.1 Å². The molecule has 11 nitrogen and oxygen atoms in total. The van der Waals surface area contributed by atoms with Gasteiger partial charge in [-0.2, -0.15) is 15.2 Å². The Kier molecular flexibility index (Phi) is 5.02. The van der Waals surface area contributed by atoms with Crippen LogP contribution in [0.15, 0.2) is 37.1 Å². The Balaban J connectivity index is 1.19. The molecular formula is C26H28ClN9O2. The second-order valence-electron chi connectivity index (χ2n) is 11.4. The molecular weight excluding hydrogens is 506 g/mol. The summed E-state index contributed by atoms with van der Waals surface area (Å²) < 4.78 is 17.3. The lowest BCUT2D eigenvalue weighted by Gasteiger charge is -2.53. The van der Waals surface area contributed by atoms with E-state index in [-0.39, 0.29) is 5.41 Å². The Hall–Kier alpha value is -3.70. The van der Waals surface area contributed by atoms with Gasteiger partial charge in [0.2, 0.25) is 5.95 Å². The molecule has 0 amide bonds. The molecule has 1 N–H and O–H groups in total. The average Bonchev–Trinajstić information content (AvgIpc) is 3.51. The Labute approximate surface area is 223 Å². The predicted molar refractivity (Wildman–Crippen MR) is 142 cm³/mol. The first kappa shape index (κ1) is 23.4. The van der Waals surface area contributed by atoms with Gasteiger partial charge in [-0.3, -0.25) is 9.67 Å². The lowest BCUT2D eigenvalue weighted by molar-refractivity contribution is -0.176. The zero-order valence-corrected chi connectivity index (χ0v) is 22.4. The van der Waals surface area contributed by atoms with Gasteiger partial charge in [0.1, 0.15) is 16.1 Å². The number of ether oxygens (including phenoxy) is 2. The van der Waals surface area contributed by atoms with E-state index in [1.54, 1.807) is 35.5 Å². The second kappa shape index (κ2) is 8.15. The molecule has 2 aliphatic rings. The van der Waals surface area contributed by atoms with E-state index in [9.17, 15) is 0 Å². The van der Waals surface area contributed by atoms with Gasteiger partial charge in [-0.1, -0.05) is 32.4 Å². The van der Waals surface area contributed by atoms with Crippen LogP contribution in [0.25, 0.3) is 16.7 Å². The first-order valence-corrected chi connectivity index (χ1v) is 13.0. The van der Waals surface area contributed by atoms with Gasteiger partial charge >= 0.3 is 0 Å². The molecule has 5 aromatic rings. The molecule has 0 aromatic carbocycles. The van der Waals surface area contributed by atoms with E-state index >= 15 is 0 Å². The van der Waals surface area contributed by atoms with Crippen molar-refractivity contribution in [2.24, 2.45) is 12.5 Å². The van der Waals surface area contributed by atoms with Gasteiger partial charge in [-0.25, -0.2) is 9.50 Å². The molecule has 6 heterocycles. The summed E-state index contributed by atoms with van der Waals surface area (Å²) in [5.41, 5.74) is 3.39. The number of hydrogen-bond donors (Lipinski definition) is 1. The van der Waals surface area contributed by atoms with Crippen LogP contribution in [-0.4, -0.2) is 52.1 Å². The number of pyridine rings is 1. The van der Waals surface area contributed by atoms with Crippen LogP contribution in [0.2, 0.25) is 5.02 Å². The number of fused-ring (bicyclic) bond motifs is 2. The highest BCUT2D eigenvalue weighted by Gasteiger charge is 2.51. The molecule has 0 atom stereocenters. The molecule has 38 heavy (non-hydrogen) atoms. The zero-order valence-electron chi connectivity index (χ0n) is 21.6. The maximum absolute atomic E-state index is 6.81. The lowest BCUT2D eigenvalue weighted by atomic mass is 9.64. The minimum atomic E-state index is -0.0527. The standard InChI is InChI=1S/C26H28ClN9O2/c1-25(2,3)19-7-20(33-36(19)15-8-26(9-15)13-37-14-26)31-24-32-23-22(34(24)4)21(27)18(11-29-23)38-17-12-30-35-6-5-28-10-16(17)35/h5-7,10-12,15H,8-9,13-14H2,1-4H3,(H,29,31,32,33). The average molecular weight is 534 g/mol. The Morgan fingerprint density at radius 3 is 2.71 bits per heavy atom. The zero-order chi connectivity index (χ0) is 26.2. The van der Waals surface area contributed by atoms with Crippen LogP contribution in [0.5, 0.6) is 11.5 Å². The van der Waals surface area contributed by atoms with Gasteiger partial charge < -0.3 is 19.4 Å². The van der Waals surface area contributed by atoms with Crippen LogP contribution in [0.1, 0.15) is 45.3 Å². The molecule has 0 radical (unpaired) electrons. The summed E-state index contributed by atoms with van der Waals surface area (Å²) in [6.07, 6.45) is 10.5. The van der Waals surface area contributed by atoms with Crippen molar-refractivity contribution in [3.63, 3.8) is 0 Å². The van der Waals surface area contributed by atoms with Gasteiger partial charge in [0.15, 0.2) is 23.0 Å². The highest BCUT2D eigenvalue weighted by molar-refractivity contribution is 6.36. The molecule has 1 saturated carbocycles. The largest absolute Gasteiger partial charge is 0.450 e. The summed E-state index contributed by atoms with van der Waals surface area (Å²) >= 11 is 6.81. The number of halogens is 1. The first-order chi connectivity index (χ1) is 18.2. The van der Waals surface area contributed by atoms with E-state index in [1.807, 2.05) is 11.6 Å². The van der Waals surface area contributed by atoms with Crippen LogP contribution >= 0.6 is 11.6 Å². The highest BCUT2D eigenvalue weighted by Crippen LogP contribution is 2.53. The third kappa shape index (κ3) is 3.64. The molecule has 1 saturated heterocycles. The fourth-order valence-electron chi connectivity index (χ4n) is 5.45. The number of hydrogen-bond acceptors (Lipinski definition) is 8. The Morgan fingerprint density at radius 1 is 1.16 bits per heavy atom. The van der Waals surface area contributed by atoms with E-state index in [2.05, 4.69) is 51.9 Å². The molecule has 7 rings (SSSR count). The summed E-state index contributed by atoms with van der Waals surface area (Å²) in [5, 5.41) is 13.1. The SMILES string of the molecule is Cn1c(Nc2cc(C(C)(C)C)n(C3CC4(COC4)C3)n2)nc2ncc(Oc3cnn4ccncc34)c(Cl)c21. The maximum atomic E-state index is 6.81. The van der Waals surface area contributed by atoms with Crippen LogP contribution in [0, 0.1) is 5.41 Å². The first-order valence-electron chi connectivity index (χ1n) is 12.6. The van der Waals surface area contributed by atoms with Gasteiger partial charge in [0.25, 0.3) is 0 Å². The van der Waals surface area contributed by atoms with Crippen LogP contribution in [-0.2, 0) is 17.2 Å². The van der Waals surface area contributed by atoms with E-state index < -0.39 is 0 Å². The smallest absolute Gasteiger partial charge is 0.210 e. The van der Waals surface area contributed by atoms with Crippen molar-refractivity contribution in [1.29, 1.82) is 0 Å². The van der Waals surface area contributed by atoms with Crippen molar-refractivity contribution in [2.45, 2.75) is 45.1 Å². The number of nitrogens with zero attached hydrogens (tertiary/aromatic N) is 8. The summed E-state index contributed by atoms with van der Waals surface area (Å²) in [7, 11) is 1.89. The summed E-state index contributed by atoms with van der Waals surface area (Å²) in [6, 6.07) is 2.50. The molecule has 196 valence electrons. The topological polar surface area (TPSA) is 109 Å². The molecule has 1 aliphatic carbocycles. The number of aryl methyl sites for hydroxylation is 1. The van der Waals surface area contributed by atoms with Crippen LogP contribution in [0.3, 0.4) is 0 Å². The minimum Gasteiger partial charge on any atom is -0.450 e. The summed E-state index contributed by atoms with van der Waals surface area (Å²) in [4.78, 5) is 13.3. The molecule has 0 unspecified atom stereocenters. The fourth-order valence-corrected chi connectivity index (χ4v) is 5.75. The molecule has 5 aromatic heterocycles. The van der Waals surface area contributed by atoms with Crippen molar-refractivity contribution < 1.29 is 9.47 Å². The predicted octanol–water partition coefficient (Wildman–Crippen LogP) is 5.05.